The second-order valence-corrected chi connectivity index (χ2v) is 5.04. The van der Waals surface area contributed by atoms with E-state index in [9.17, 15) is 0 Å². The van der Waals surface area contributed by atoms with Gasteiger partial charge in [-0.05, 0) is 11.1 Å². The third-order valence-corrected chi connectivity index (χ3v) is 3.57. The average molecular weight is 284 g/mol. The van der Waals surface area contributed by atoms with Crippen LogP contribution in [0.25, 0.3) is 28.2 Å². The van der Waals surface area contributed by atoms with Gasteiger partial charge >= 0.3 is 5.65 Å². The van der Waals surface area contributed by atoms with Crippen LogP contribution in [-0.4, -0.2) is 10.1 Å². The van der Waals surface area contributed by atoms with Crippen LogP contribution in [0.2, 0.25) is 0 Å². The van der Waals surface area contributed by atoms with Crippen molar-refractivity contribution in [2.75, 3.05) is 0 Å². The summed E-state index contributed by atoms with van der Waals surface area (Å²) in [6.07, 6.45) is 1.92. The molecule has 0 unspecified atom stereocenters. The normalized spacial score (nSPS) is 10.7. The van der Waals surface area contributed by atoms with E-state index >= 15 is 0 Å². The maximum absolute atomic E-state index is 4.82. The van der Waals surface area contributed by atoms with E-state index < -0.39 is 0 Å². The standard InChI is InChI=1S/C19H14N3/c1-3-9-15(10-4-1)18-19(16-11-5-2-6-12-16)21-22-14-8-7-13-17(22)20-18/h1-14H/q+1. The molecule has 0 saturated heterocycles. The van der Waals surface area contributed by atoms with Crippen LogP contribution >= 0.6 is 0 Å². The van der Waals surface area contributed by atoms with Crippen LogP contribution in [0.3, 0.4) is 0 Å². The van der Waals surface area contributed by atoms with Crippen LogP contribution in [0.4, 0.5) is 0 Å². The van der Waals surface area contributed by atoms with E-state index in [0.717, 1.165) is 28.2 Å². The fourth-order valence-electron chi connectivity index (χ4n) is 2.51. The fraction of sp³-hybridized carbons (Fsp3) is 0. The molecule has 0 spiro atoms. The number of pyridine rings is 1. The van der Waals surface area contributed by atoms with Gasteiger partial charge in [0.25, 0.3) is 0 Å². The van der Waals surface area contributed by atoms with E-state index in [1.807, 2.05) is 65.3 Å². The van der Waals surface area contributed by atoms with Gasteiger partial charge in [-0.15, -0.1) is 4.52 Å². The van der Waals surface area contributed by atoms with E-state index in [0.29, 0.717) is 0 Å². The van der Waals surface area contributed by atoms with Crippen molar-refractivity contribution in [1.29, 1.82) is 0 Å². The van der Waals surface area contributed by atoms with E-state index in [2.05, 4.69) is 24.3 Å². The van der Waals surface area contributed by atoms with Crippen molar-refractivity contribution in [2.45, 2.75) is 0 Å². The Morgan fingerprint density at radius 3 is 1.86 bits per heavy atom. The SMILES string of the molecule is c1ccc(-c2nc3cccc[n+]3nc2-c2ccccc2)cc1. The molecule has 0 amide bonds. The Labute approximate surface area is 128 Å². The molecule has 2 aromatic heterocycles. The summed E-state index contributed by atoms with van der Waals surface area (Å²) in [7, 11) is 0. The lowest BCUT2D eigenvalue weighted by Crippen LogP contribution is -2.28. The molecule has 0 atom stereocenters. The smallest absolute Gasteiger partial charge is 0.101 e. The zero-order valence-electron chi connectivity index (χ0n) is 11.9. The Hall–Kier alpha value is -3.07. The lowest BCUT2D eigenvalue weighted by molar-refractivity contribution is -0.582. The first-order chi connectivity index (χ1) is 10.9. The third kappa shape index (κ3) is 2.23. The summed E-state index contributed by atoms with van der Waals surface area (Å²) in [6.45, 7) is 0. The first-order valence-electron chi connectivity index (χ1n) is 7.21. The highest BCUT2D eigenvalue weighted by Crippen LogP contribution is 2.27. The van der Waals surface area contributed by atoms with Gasteiger partial charge in [-0.1, -0.05) is 71.8 Å². The van der Waals surface area contributed by atoms with Crippen LogP contribution in [0.1, 0.15) is 0 Å². The first-order valence-corrected chi connectivity index (χ1v) is 7.21. The summed E-state index contributed by atoms with van der Waals surface area (Å²) in [6, 6.07) is 26.2. The molecule has 104 valence electrons. The predicted molar refractivity (Wildman–Crippen MR) is 86.1 cm³/mol. The Balaban J connectivity index is 2.04. The molecular weight excluding hydrogens is 270 g/mol. The second-order valence-electron chi connectivity index (χ2n) is 5.04. The van der Waals surface area contributed by atoms with Crippen molar-refractivity contribution in [1.82, 2.24) is 10.1 Å². The number of hydrogen-bond donors (Lipinski definition) is 0. The molecule has 3 nitrogen and oxygen atoms in total. The number of benzene rings is 2. The lowest BCUT2D eigenvalue weighted by Gasteiger charge is -2.04. The largest absolute Gasteiger partial charge is 0.348 e. The molecule has 0 aliphatic rings. The minimum absolute atomic E-state index is 0.834. The van der Waals surface area contributed by atoms with Crippen molar-refractivity contribution in [3.63, 3.8) is 0 Å². The van der Waals surface area contributed by atoms with E-state index in [1.165, 1.54) is 0 Å². The van der Waals surface area contributed by atoms with Crippen LogP contribution < -0.4 is 4.52 Å². The molecule has 22 heavy (non-hydrogen) atoms. The van der Waals surface area contributed by atoms with E-state index in [-0.39, 0.29) is 0 Å². The summed E-state index contributed by atoms with van der Waals surface area (Å²) in [5, 5.41) is 4.78. The Bertz CT molecular complexity index is 841. The molecular formula is C19H14N3+. The van der Waals surface area contributed by atoms with E-state index in [4.69, 9.17) is 10.1 Å². The fourth-order valence-corrected chi connectivity index (χ4v) is 2.51. The summed E-state index contributed by atoms with van der Waals surface area (Å²) in [5.41, 5.74) is 4.75. The van der Waals surface area contributed by atoms with Crippen LogP contribution in [0, 0.1) is 0 Å². The molecule has 0 N–H and O–H groups in total. The second kappa shape index (κ2) is 5.37. The molecule has 0 aliphatic heterocycles. The van der Waals surface area contributed by atoms with Gasteiger partial charge in [0.1, 0.15) is 6.20 Å². The molecule has 2 heterocycles. The van der Waals surface area contributed by atoms with E-state index in [1.54, 1.807) is 0 Å². The van der Waals surface area contributed by atoms with Gasteiger partial charge in [-0.3, -0.25) is 0 Å². The number of fused-ring (bicyclic) bond motifs is 1. The average Bonchev–Trinajstić information content (AvgIpc) is 2.62. The summed E-state index contributed by atoms with van der Waals surface area (Å²) >= 11 is 0. The van der Waals surface area contributed by atoms with Gasteiger partial charge in [0.05, 0.1) is 0 Å². The molecule has 0 saturated carbocycles. The first kappa shape index (κ1) is 12.7. The topological polar surface area (TPSA) is 29.9 Å². The molecule has 0 aliphatic carbocycles. The van der Waals surface area contributed by atoms with Gasteiger partial charge in [0.2, 0.25) is 5.69 Å². The Morgan fingerprint density at radius 1 is 0.591 bits per heavy atom. The lowest BCUT2D eigenvalue weighted by atomic mass is 10.0. The van der Waals surface area contributed by atoms with Crippen molar-refractivity contribution in [2.24, 2.45) is 0 Å². The third-order valence-electron chi connectivity index (χ3n) is 3.57. The molecule has 4 rings (SSSR count). The van der Waals surface area contributed by atoms with Crippen molar-refractivity contribution in [3.05, 3.63) is 85.1 Å². The summed E-state index contributed by atoms with van der Waals surface area (Å²) < 4.78 is 1.81. The quantitative estimate of drug-likeness (QED) is 0.527. The predicted octanol–water partition coefficient (Wildman–Crippen LogP) is 3.55. The maximum atomic E-state index is 4.82. The molecule has 2 aromatic carbocycles. The molecule has 0 fully saturated rings. The minimum Gasteiger partial charge on any atom is -0.101 e. The van der Waals surface area contributed by atoms with Gasteiger partial charge in [-0.2, -0.15) is 0 Å². The van der Waals surface area contributed by atoms with Crippen molar-refractivity contribution in [3.8, 4) is 22.5 Å². The van der Waals surface area contributed by atoms with Gasteiger partial charge in [0, 0.05) is 17.2 Å². The Kier molecular flexibility index (Phi) is 3.09. The molecule has 4 aromatic rings. The van der Waals surface area contributed by atoms with Crippen LogP contribution in [0.5, 0.6) is 0 Å². The van der Waals surface area contributed by atoms with Crippen molar-refractivity contribution < 1.29 is 4.52 Å². The maximum Gasteiger partial charge on any atom is 0.348 e. The molecule has 0 radical (unpaired) electrons. The number of rotatable bonds is 2. The number of hydrogen-bond acceptors (Lipinski definition) is 2. The molecule has 0 bridgehead atoms. The number of nitrogens with zero attached hydrogens (tertiary/aromatic N) is 3. The number of aromatic nitrogens is 3. The van der Waals surface area contributed by atoms with Crippen LogP contribution in [-0.2, 0) is 0 Å². The van der Waals surface area contributed by atoms with Gasteiger partial charge in [0.15, 0.2) is 5.69 Å². The zero-order valence-corrected chi connectivity index (χ0v) is 11.9. The highest BCUT2D eigenvalue weighted by molar-refractivity contribution is 5.77. The monoisotopic (exact) mass is 284 g/mol. The van der Waals surface area contributed by atoms with Gasteiger partial charge in [-0.25, -0.2) is 0 Å². The summed E-state index contributed by atoms with van der Waals surface area (Å²) in [5.74, 6) is 0. The highest BCUT2D eigenvalue weighted by Gasteiger charge is 2.19. The van der Waals surface area contributed by atoms with Crippen molar-refractivity contribution >= 4 is 5.65 Å². The summed E-state index contributed by atoms with van der Waals surface area (Å²) in [4.78, 5) is 4.82. The molecule has 3 heteroatoms. The highest BCUT2D eigenvalue weighted by atomic mass is 15.2. The van der Waals surface area contributed by atoms with Crippen LogP contribution in [0.15, 0.2) is 85.1 Å². The zero-order chi connectivity index (χ0) is 14.8. The minimum atomic E-state index is 0.834. The Morgan fingerprint density at radius 2 is 1.18 bits per heavy atom. The van der Waals surface area contributed by atoms with Gasteiger partial charge < -0.3 is 0 Å².